The Morgan fingerprint density at radius 2 is 1.82 bits per heavy atom. The van der Waals surface area contributed by atoms with Crippen LogP contribution in [0.25, 0.3) is 22.3 Å². The van der Waals surface area contributed by atoms with Gasteiger partial charge in [-0.3, -0.25) is 14.4 Å². The van der Waals surface area contributed by atoms with Crippen LogP contribution >= 0.6 is 0 Å². The van der Waals surface area contributed by atoms with Crippen molar-refractivity contribution in [3.63, 3.8) is 0 Å². The molecule has 18 heteroatoms. The number of carbonyl (C=O) groups excluding carboxylic acids is 5. The number of ether oxygens (including phenoxy) is 4. The minimum absolute atomic E-state index is 0.136. The number of anilines is 1. The van der Waals surface area contributed by atoms with Crippen molar-refractivity contribution >= 4 is 56.8 Å². The van der Waals surface area contributed by atoms with Crippen molar-refractivity contribution in [3.05, 3.63) is 92.8 Å². The number of fused-ring (bicyclic) bond motifs is 5. The van der Waals surface area contributed by atoms with Gasteiger partial charge in [0.05, 0.1) is 41.8 Å². The lowest BCUT2D eigenvalue weighted by Crippen LogP contribution is -2.37. The molecule has 2 aliphatic heterocycles. The van der Waals surface area contributed by atoms with Crippen molar-refractivity contribution in [3.8, 4) is 11.4 Å². The highest BCUT2D eigenvalue weighted by atomic mass is 32.2. The molecule has 56 heavy (non-hydrogen) atoms. The molecule has 2 aliphatic rings. The number of esters is 1. The molecular weight excluding hydrogens is 751 g/mol. The average molecular weight is 790 g/mol. The Morgan fingerprint density at radius 3 is 2.54 bits per heavy atom. The Bertz CT molecular complexity index is 2380. The Labute approximate surface area is 320 Å². The lowest BCUT2D eigenvalue weighted by molar-refractivity contribution is -0.159. The number of para-hydroxylation sites is 1. The number of carbonyl (C=O) groups is 5. The number of nitrogens with one attached hydrogen (secondary N) is 2. The largest absolute Gasteiger partial charge is 0.509 e. The minimum Gasteiger partial charge on any atom is -0.458 e. The van der Waals surface area contributed by atoms with Crippen molar-refractivity contribution in [2.75, 3.05) is 37.9 Å². The predicted octanol–water partition coefficient (Wildman–Crippen LogP) is 2.36. The fourth-order valence-electron chi connectivity index (χ4n) is 6.66. The molecule has 17 nitrogen and oxygen atoms in total. The molecule has 4 aromatic rings. The third-order valence-electron chi connectivity index (χ3n) is 9.22. The van der Waals surface area contributed by atoms with Gasteiger partial charge in [-0.1, -0.05) is 30.3 Å². The molecule has 0 spiro atoms. The van der Waals surface area contributed by atoms with Crippen LogP contribution in [0.1, 0.15) is 47.8 Å². The molecule has 0 aliphatic carbocycles. The number of aldehydes is 1. The lowest BCUT2D eigenvalue weighted by atomic mass is 9.97. The van der Waals surface area contributed by atoms with E-state index in [1.165, 1.54) is 15.1 Å². The van der Waals surface area contributed by atoms with Gasteiger partial charge in [0.1, 0.15) is 32.7 Å². The Morgan fingerprint density at radius 1 is 1.07 bits per heavy atom. The highest BCUT2D eigenvalue weighted by Gasteiger charge is 2.38. The zero-order valence-electron chi connectivity index (χ0n) is 30.7. The molecule has 294 valence electrons. The smallest absolute Gasteiger partial charge is 0.458 e. The van der Waals surface area contributed by atoms with Gasteiger partial charge in [-0.05, 0) is 55.7 Å². The van der Waals surface area contributed by atoms with Gasteiger partial charge in [-0.25, -0.2) is 23.0 Å². The molecule has 0 saturated carbocycles. The summed E-state index contributed by atoms with van der Waals surface area (Å²) >= 11 is 0. The number of aromatic nitrogens is 2. The molecule has 2 amide bonds. The van der Waals surface area contributed by atoms with Crippen LogP contribution in [-0.2, 0) is 74.3 Å². The zero-order chi connectivity index (χ0) is 40.1. The Balaban J connectivity index is 1.16. The summed E-state index contributed by atoms with van der Waals surface area (Å²) in [6.07, 6.45) is -0.762. The van der Waals surface area contributed by atoms with Crippen LogP contribution in [0.15, 0.2) is 59.4 Å². The van der Waals surface area contributed by atoms with Gasteiger partial charge in [-0.15, -0.1) is 0 Å². The van der Waals surface area contributed by atoms with Crippen molar-refractivity contribution < 1.29 is 51.3 Å². The number of amides is 2. The maximum Gasteiger partial charge on any atom is 0.509 e. The highest BCUT2D eigenvalue weighted by molar-refractivity contribution is 7.88. The van der Waals surface area contributed by atoms with Crippen molar-refractivity contribution in [2.24, 2.45) is 0 Å². The molecule has 1 atom stereocenters. The summed E-state index contributed by atoms with van der Waals surface area (Å²) in [5.74, 6) is -1.96. The molecule has 0 radical (unpaired) electrons. The number of benzene rings is 2. The monoisotopic (exact) mass is 789 g/mol. The van der Waals surface area contributed by atoms with E-state index in [2.05, 4.69) is 10.6 Å². The average Bonchev–Trinajstić information content (AvgIpc) is 3.52. The first-order chi connectivity index (χ1) is 26.7. The molecule has 4 heterocycles. The second-order valence-electron chi connectivity index (χ2n) is 13.4. The van der Waals surface area contributed by atoms with E-state index in [4.69, 9.17) is 23.9 Å². The number of nitrogens with zero attached hydrogens (tertiary/aromatic N) is 3. The van der Waals surface area contributed by atoms with Crippen LogP contribution in [-0.4, -0.2) is 91.1 Å². The van der Waals surface area contributed by atoms with Crippen molar-refractivity contribution in [1.82, 2.24) is 19.2 Å². The molecule has 6 rings (SSSR count). The fourth-order valence-corrected chi connectivity index (χ4v) is 7.85. The third kappa shape index (κ3) is 8.77. The van der Waals surface area contributed by atoms with E-state index in [1.54, 1.807) is 44.2 Å². The van der Waals surface area contributed by atoms with Crippen molar-refractivity contribution in [1.29, 1.82) is 0 Å². The molecule has 2 N–H and O–H groups in total. The molecule has 0 saturated heterocycles. The van der Waals surface area contributed by atoms with Crippen LogP contribution < -0.4 is 16.2 Å². The summed E-state index contributed by atoms with van der Waals surface area (Å²) in [4.78, 5) is 78.8. The Hall–Kier alpha value is -5.98. The normalized spacial score (nSPS) is 14.4. The second-order valence-corrected chi connectivity index (χ2v) is 15.3. The summed E-state index contributed by atoms with van der Waals surface area (Å²) in [6, 6.07) is 15.0. The topological polar surface area (TPSA) is 219 Å². The molecular formula is C38H39N5O12S. The number of hydrogen-bond acceptors (Lipinski definition) is 13. The van der Waals surface area contributed by atoms with Gasteiger partial charge in [-0.2, -0.15) is 4.31 Å². The standard InChI is InChI=1S/C38H39N5O12S/c1-22(2)43(56(3,50)51)13-12-25-26-6-4-5-7-30(26)41-34-28(25)18-42-31(34)16-27-29(36(42)47)20-53-37(48)35(27)55-38(49)54-19-23-8-10-24(11-9-23)40-32(45)17-39-33(46)21-52-15-14-44/h4-11,14,16,22,35H,12-13,15,17-21H2,1-3H3,(H,39,46)(H,40,45). The number of rotatable bonds is 15. The van der Waals surface area contributed by atoms with E-state index < -0.39 is 45.6 Å². The summed E-state index contributed by atoms with van der Waals surface area (Å²) in [7, 11) is -3.50. The maximum atomic E-state index is 13.9. The van der Waals surface area contributed by atoms with Crippen molar-refractivity contribution in [2.45, 2.75) is 52.2 Å². The number of sulfonamides is 1. The fraction of sp³-hybridized carbons (Fsp3) is 0.342. The first-order valence-corrected chi connectivity index (χ1v) is 19.4. The first kappa shape index (κ1) is 39.7. The molecule has 2 aromatic heterocycles. The van der Waals surface area contributed by atoms with Crippen LogP contribution in [0, 0.1) is 0 Å². The Kier molecular flexibility index (Phi) is 11.9. The van der Waals surface area contributed by atoms with Crippen LogP contribution in [0.3, 0.4) is 0 Å². The second kappa shape index (κ2) is 16.8. The first-order valence-electron chi connectivity index (χ1n) is 17.6. The number of hydrogen-bond donors (Lipinski definition) is 2. The van der Waals surface area contributed by atoms with Gasteiger partial charge in [0.25, 0.3) is 5.56 Å². The summed E-state index contributed by atoms with van der Waals surface area (Å²) in [6.45, 7) is 2.47. The van der Waals surface area contributed by atoms with E-state index in [0.29, 0.717) is 40.9 Å². The predicted molar refractivity (Wildman–Crippen MR) is 200 cm³/mol. The molecule has 1 unspecified atom stereocenters. The summed E-state index contributed by atoms with van der Waals surface area (Å²) in [5, 5.41) is 5.78. The van der Waals surface area contributed by atoms with E-state index in [9.17, 15) is 37.2 Å². The number of cyclic esters (lactones) is 1. The van der Waals surface area contributed by atoms with Gasteiger partial charge in [0.2, 0.25) is 27.9 Å². The lowest BCUT2D eigenvalue weighted by Gasteiger charge is -2.24. The van der Waals surface area contributed by atoms with E-state index in [1.807, 2.05) is 24.3 Å². The zero-order valence-corrected chi connectivity index (χ0v) is 31.6. The number of pyridine rings is 2. The minimum atomic E-state index is -3.50. The van der Waals surface area contributed by atoms with Crippen LogP contribution in [0.2, 0.25) is 0 Å². The summed E-state index contributed by atoms with van der Waals surface area (Å²) < 4.78 is 48.8. The third-order valence-corrected chi connectivity index (χ3v) is 10.7. The highest BCUT2D eigenvalue weighted by Crippen LogP contribution is 2.39. The van der Waals surface area contributed by atoms with Gasteiger partial charge in [0, 0.05) is 34.8 Å². The van der Waals surface area contributed by atoms with Gasteiger partial charge >= 0.3 is 12.1 Å². The quantitative estimate of drug-likeness (QED) is 0.0886. The van der Waals surface area contributed by atoms with Gasteiger partial charge in [0.15, 0.2) is 0 Å². The molecule has 0 fully saturated rings. The summed E-state index contributed by atoms with van der Waals surface area (Å²) in [5.41, 5.74) is 3.90. The van der Waals surface area contributed by atoms with E-state index in [0.717, 1.165) is 16.5 Å². The van der Waals surface area contributed by atoms with E-state index in [-0.39, 0.29) is 63.2 Å². The van der Waals surface area contributed by atoms with Gasteiger partial charge < -0.3 is 38.9 Å². The van der Waals surface area contributed by atoms with E-state index >= 15 is 0 Å². The SMILES string of the molecule is CC(C)N(CCc1c2c(nc3ccccc13)-c1cc3c(c(=O)n1C2)COC(=O)C3OC(=O)OCc1ccc(NC(=O)CNC(=O)COCC=O)cc1)S(C)(=O)=O. The van der Waals surface area contributed by atoms with Crippen LogP contribution in [0.5, 0.6) is 0 Å². The molecule has 0 bridgehead atoms. The maximum absolute atomic E-state index is 13.9. The molecule has 2 aromatic carbocycles. The van der Waals surface area contributed by atoms with Crippen LogP contribution in [0.4, 0.5) is 10.5 Å².